The normalized spacial score (nSPS) is 12.3. The number of aryl methyl sites for hydroxylation is 2. The van der Waals surface area contributed by atoms with E-state index in [-0.39, 0.29) is 28.0 Å². The van der Waals surface area contributed by atoms with Crippen molar-refractivity contribution < 1.29 is 31.1 Å². The fraction of sp³-hybridized carbons (Fsp3) is 0.333. The van der Waals surface area contributed by atoms with Crippen LogP contribution in [0.1, 0.15) is 40.7 Å². The summed E-state index contributed by atoms with van der Waals surface area (Å²) in [5, 5.41) is 5.15. The lowest BCUT2D eigenvalue weighted by atomic mass is 10.0. The summed E-state index contributed by atoms with van der Waals surface area (Å²) in [5.41, 5.74) is -0.128. The van der Waals surface area contributed by atoms with Gasteiger partial charge in [-0.1, -0.05) is 13.3 Å². The lowest BCUT2D eigenvalue weighted by molar-refractivity contribution is -0.146. The number of hydrogen-bond donors (Lipinski definition) is 2. The lowest BCUT2D eigenvalue weighted by Gasteiger charge is -2.16. The Balaban J connectivity index is 2.09. The van der Waals surface area contributed by atoms with E-state index in [1.165, 1.54) is 32.3 Å². The Hall–Kier alpha value is -3.24. The molecule has 0 aliphatic rings. The van der Waals surface area contributed by atoms with Gasteiger partial charge in [0, 0.05) is 19.7 Å². The molecule has 0 saturated carbocycles. The Morgan fingerprint density at radius 1 is 1.03 bits per heavy atom. The molecule has 0 fully saturated rings. The van der Waals surface area contributed by atoms with E-state index < -0.39 is 29.6 Å². The van der Waals surface area contributed by atoms with Crippen molar-refractivity contribution in [2.45, 2.75) is 32.1 Å². The van der Waals surface area contributed by atoms with Gasteiger partial charge in [0.25, 0.3) is 5.91 Å². The van der Waals surface area contributed by atoms with Gasteiger partial charge in [0.15, 0.2) is 0 Å². The van der Waals surface area contributed by atoms with E-state index in [1.807, 2.05) is 6.92 Å². The quantitative estimate of drug-likeness (QED) is 0.471. The minimum Gasteiger partial charge on any atom is -0.386 e. The molecule has 1 amide bonds. The van der Waals surface area contributed by atoms with E-state index in [1.54, 1.807) is 0 Å². The summed E-state index contributed by atoms with van der Waals surface area (Å²) < 4.78 is 79.9. The van der Waals surface area contributed by atoms with E-state index in [0.29, 0.717) is 18.4 Å². The van der Waals surface area contributed by atoms with Crippen LogP contribution < -0.4 is 10.6 Å². The predicted molar refractivity (Wildman–Crippen MR) is 109 cm³/mol. The van der Waals surface area contributed by atoms with Crippen molar-refractivity contribution in [1.82, 2.24) is 9.55 Å². The van der Waals surface area contributed by atoms with E-state index in [4.69, 9.17) is 0 Å². The number of carbonyl (C=O) groups excluding carboxylic acids is 1. The third-order valence-corrected chi connectivity index (χ3v) is 4.99. The summed E-state index contributed by atoms with van der Waals surface area (Å²) in [7, 11) is 2.72. The molecule has 0 bridgehead atoms. The summed E-state index contributed by atoms with van der Waals surface area (Å²) in [6, 6.07) is 5.55. The number of amides is 1. The molecule has 0 unspecified atom stereocenters. The number of alkyl halides is 6. The van der Waals surface area contributed by atoms with E-state index in [2.05, 4.69) is 15.6 Å². The van der Waals surface area contributed by atoms with Crippen LogP contribution >= 0.6 is 0 Å². The first-order chi connectivity index (χ1) is 14.9. The van der Waals surface area contributed by atoms with Gasteiger partial charge in [-0.3, -0.25) is 4.79 Å². The third-order valence-electron chi connectivity index (χ3n) is 4.99. The highest BCUT2D eigenvalue weighted by molar-refractivity contribution is 6.08. The van der Waals surface area contributed by atoms with Crippen LogP contribution in [0.15, 0.2) is 30.3 Å². The van der Waals surface area contributed by atoms with E-state index in [9.17, 15) is 31.1 Å². The van der Waals surface area contributed by atoms with E-state index >= 15 is 0 Å². The van der Waals surface area contributed by atoms with Crippen molar-refractivity contribution in [2.24, 2.45) is 7.05 Å². The first kappa shape index (κ1) is 23.4. The number of imidazole rings is 1. The highest BCUT2D eigenvalue weighted by atomic mass is 19.4. The fourth-order valence-corrected chi connectivity index (χ4v) is 3.45. The third kappa shape index (κ3) is 4.51. The van der Waals surface area contributed by atoms with E-state index in [0.717, 1.165) is 16.7 Å². The van der Waals surface area contributed by atoms with Crippen LogP contribution in [0.3, 0.4) is 0 Å². The highest BCUT2D eigenvalue weighted by Gasteiger charge is 2.37. The lowest BCUT2D eigenvalue weighted by Crippen LogP contribution is -2.16. The van der Waals surface area contributed by atoms with Crippen LogP contribution in [0.25, 0.3) is 11.0 Å². The van der Waals surface area contributed by atoms with Gasteiger partial charge in [-0.15, -0.1) is 0 Å². The number of anilines is 2. The average molecular weight is 458 g/mol. The van der Waals surface area contributed by atoms with Crippen LogP contribution in [0.4, 0.5) is 37.7 Å². The van der Waals surface area contributed by atoms with Crippen LogP contribution in [-0.2, 0) is 25.8 Å². The van der Waals surface area contributed by atoms with Gasteiger partial charge in [0.05, 0.1) is 28.0 Å². The number of halogens is 6. The number of carbonyl (C=O) groups is 1. The summed E-state index contributed by atoms with van der Waals surface area (Å²) in [6.45, 7) is 1.84. The van der Waals surface area contributed by atoms with Crippen molar-refractivity contribution in [2.75, 3.05) is 17.7 Å². The molecule has 0 spiro atoms. The van der Waals surface area contributed by atoms with Crippen molar-refractivity contribution in [1.29, 1.82) is 0 Å². The van der Waals surface area contributed by atoms with Crippen LogP contribution in [0.5, 0.6) is 0 Å². The zero-order chi connectivity index (χ0) is 23.8. The highest BCUT2D eigenvalue weighted by Crippen LogP contribution is 2.35. The molecule has 1 aromatic heterocycles. The molecule has 32 heavy (non-hydrogen) atoms. The Morgan fingerprint density at radius 2 is 1.72 bits per heavy atom. The number of fused-ring (bicyclic) bond motifs is 1. The molecule has 0 atom stereocenters. The maximum Gasteiger partial charge on any atom is 0.449 e. The van der Waals surface area contributed by atoms with Gasteiger partial charge in [-0.25, -0.2) is 4.98 Å². The average Bonchev–Trinajstić information content (AvgIpc) is 3.03. The molecule has 5 nitrogen and oxygen atoms in total. The molecule has 3 aromatic rings. The summed E-state index contributed by atoms with van der Waals surface area (Å²) in [6.07, 6.45) is -8.31. The molecule has 11 heteroatoms. The minimum absolute atomic E-state index is 0.0392. The number of hydrogen-bond acceptors (Lipinski definition) is 3. The van der Waals surface area contributed by atoms with Crippen molar-refractivity contribution in [3.05, 3.63) is 52.8 Å². The van der Waals surface area contributed by atoms with Gasteiger partial charge < -0.3 is 15.2 Å². The maximum atomic E-state index is 13.2. The monoisotopic (exact) mass is 458 g/mol. The largest absolute Gasteiger partial charge is 0.449 e. The van der Waals surface area contributed by atoms with Gasteiger partial charge in [-0.2, -0.15) is 26.3 Å². The number of nitrogens with zero attached hydrogens (tertiary/aromatic N) is 2. The Kier molecular flexibility index (Phi) is 6.12. The molecule has 0 radical (unpaired) electrons. The first-order valence-corrected chi connectivity index (χ1v) is 9.63. The van der Waals surface area contributed by atoms with Crippen molar-refractivity contribution in [3.8, 4) is 0 Å². The molecule has 1 heterocycles. The van der Waals surface area contributed by atoms with Crippen LogP contribution in [0, 0.1) is 0 Å². The van der Waals surface area contributed by atoms with Crippen LogP contribution in [-0.4, -0.2) is 22.5 Å². The fourth-order valence-electron chi connectivity index (χ4n) is 3.45. The molecule has 2 aromatic carbocycles. The molecule has 3 rings (SSSR count). The zero-order valence-electron chi connectivity index (χ0n) is 17.4. The summed E-state index contributed by atoms with van der Waals surface area (Å²) in [4.78, 5) is 16.6. The Morgan fingerprint density at radius 3 is 2.28 bits per heavy atom. The van der Waals surface area contributed by atoms with Gasteiger partial charge >= 0.3 is 12.4 Å². The topological polar surface area (TPSA) is 59.0 Å². The second-order valence-corrected chi connectivity index (χ2v) is 7.20. The summed E-state index contributed by atoms with van der Waals surface area (Å²) in [5.74, 6) is -1.85. The number of benzene rings is 2. The second kappa shape index (κ2) is 8.36. The van der Waals surface area contributed by atoms with Gasteiger partial charge in [0.1, 0.15) is 0 Å². The smallest absolute Gasteiger partial charge is 0.386 e. The molecule has 0 aliphatic carbocycles. The zero-order valence-corrected chi connectivity index (χ0v) is 17.4. The van der Waals surface area contributed by atoms with Crippen molar-refractivity contribution in [3.63, 3.8) is 0 Å². The molecule has 0 saturated heterocycles. The second-order valence-electron chi connectivity index (χ2n) is 7.20. The standard InChI is InChI=1S/C21H20F6N4O/c1-4-5-11-8-17-16(30-19(31(17)3)21(25,26)27)10-13(11)18(32)29-15-9-12(20(22,23)24)6-7-14(15)28-2/h6-10,28H,4-5H2,1-3H3,(H,29,32). The summed E-state index contributed by atoms with van der Waals surface area (Å²) >= 11 is 0. The molecule has 172 valence electrons. The SMILES string of the molecule is CCCc1cc2c(cc1C(=O)Nc1cc(C(F)(F)F)ccc1NC)nc(C(F)(F)F)n2C. The Labute approximate surface area is 179 Å². The molecule has 0 aliphatic heterocycles. The molecular formula is C21H20F6N4O. The number of aromatic nitrogens is 2. The van der Waals surface area contributed by atoms with Crippen molar-refractivity contribution >= 4 is 28.3 Å². The Bertz CT molecular complexity index is 1160. The van der Waals surface area contributed by atoms with Gasteiger partial charge in [0.2, 0.25) is 5.82 Å². The molecular weight excluding hydrogens is 438 g/mol. The number of rotatable bonds is 5. The van der Waals surface area contributed by atoms with Gasteiger partial charge in [-0.05, 0) is 42.3 Å². The predicted octanol–water partition coefficient (Wildman–Crippen LogP) is 5.86. The first-order valence-electron chi connectivity index (χ1n) is 9.63. The number of nitrogens with one attached hydrogen (secondary N) is 2. The maximum absolute atomic E-state index is 13.2. The molecule has 2 N–H and O–H groups in total. The minimum atomic E-state index is -4.68. The van der Waals surface area contributed by atoms with Crippen LogP contribution in [0.2, 0.25) is 0 Å².